The molecule has 0 aliphatic carbocycles. The molecular weight excluding hydrogens is 410 g/mol. The summed E-state index contributed by atoms with van der Waals surface area (Å²) >= 11 is 0. The normalized spacial score (nSPS) is 11.0. The number of nitrogens with one attached hydrogen (secondary N) is 2. The highest BCUT2D eigenvalue weighted by Crippen LogP contribution is 2.21. The van der Waals surface area contributed by atoms with Crippen LogP contribution in [0.2, 0.25) is 0 Å². The van der Waals surface area contributed by atoms with Crippen LogP contribution in [0.5, 0.6) is 0 Å². The van der Waals surface area contributed by atoms with E-state index in [-0.39, 0.29) is 0 Å². The highest BCUT2D eigenvalue weighted by Gasteiger charge is 2.06. The van der Waals surface area contributed by atoms with Gasteiger partial charge in [0.2, 0.25) is 0 Å². The van der Waals surface area contributed by atoms with Crippen LogP contribution in [-0.2, 0) is 0 Å². The van der Waals surface area contributed by atoms with Gasteiger partial charge in [0.15, 0.2) is 0 Å². The molecule has 0 saturated heterocycles. The minimum absolute atomic E-state index is 0.881. The molecule has 5 aromatic heterocycles. The summed E-state index contributed by atoms with van der Waals surface area (Å²) in [5, 5.41) is 0. The Kier molecular flexibility index (Phi) is 4.62. The quantitative estimate of drug-likeness (QED) is 0.380. The zero-order valence-electron chi connectivity index (χ0n) is 17.6. The molecule has 0 amide bonds. The lowest BCUT2D eigenvalue weighted by molar-refractivity contribution is 1.17. The minimum atomic E-state index is 0.881. The molecule has 7 nitrogen and oxygen atoms in total. The molecule has 158 valence electrons. The van der Waals surface area contributed by atoms with E-state index >= 15 is 0 Å². The first kappa shape index (κ1) is 18.9. The van der Waals surface area contributed by atoms with E-state index in [0.717, 1.165) is 50.5 Å². The minimum Gasteiger partial charge on any atom is -0.338 e. The first-order chi connectivity index (χ1) is 16.3. The van der Waals surface area contributed by atoms with Gasteiger partial charge in [-0.15, -0.1) is 0 Å². The number of hydrogen-bond donors (Lipinski definition) is 2. The van der Waals surface area contributed by atoms with Crippen LogP contribution in [0.4, 0.5) is 0 Å². The Labute approximate surface area is 188 Å². The third kappa shape index (κ3) is 3.72. The Bertz CT molecular complexity index is 1610. The molecule has 0 fully saturated rings. The van der Waals surface area contributed by atoms with Gasteiger partial charge in [-0.3, -0.25) is 4.98 Å². The maximum absolute atomic E-state index is 4.58. The Morgan fingerprint density at radius 3 is 1.91 bits per heavy atom. The van der Waals surface area contributed by atoms with Gasteiger partial charge in [0.05, 0.1) is 22.1 Å². The molecule has 0 aliphatic heterocycles. The molecule has 2 aromatic carbocycles. The average Bonchev–Trinajstić information content (AvgIpc) is 3.62. The van der Waals surface area contributed by atoms with Crippen LogP contribution in [0.15, 0.2) is 104 Å². The molecule has 7 aromatic rings. The number of benzene rings is 2. The van der Waals surface area contributed by atoms with Gasteiger partial charge in [0.1, 0.15) is 17.3 Å². The first-order valence-corrected chi connectivity index (χ1v) is 10.6. The standard InChI is InChI=1S/C14H10N4.C12H9N3/c1-2-4-12-11(3-1)16-14(17-12)10-5-6-13-15-7-8-18(13)9-10;1-2-4-11-10(3-1)14-12(15-11)9-5-7-13-8-6-9/h1-9H,(H,16,17);1-8H,(H,14,15). The van der Waals surface area contributed by atoms with Crippen LogP contribution in [-0.4, -0.2) is 34.3 Å². The zero-order valence-corrected chi connectivity index (χ0v) is 17.6. The fraction of sp³-hybridized carbons (Fsp3) is 0. The first-order valence-electron chi connectivity index (χ1n) is 10.6. The van der Waals surface area contributed by atoms with Crippen molar-refractivity contribution in [2.24, 2.45) is 0 Å². The lowest BCUT2D eigenvalue weighted by atomic mass is 10.3. The number of H-pyrrole nitrogens is 2. The number of imidazole rings is 3. The molecular formula is C26H19N7. The van der Waals surface area contributed by atoms with Crippen molar-refractivity contribution >= 4 is 27.7 Å². The van der Waals surface area contributed by atoms with Crippen LogP contribution < -0.4 is 0 Å². The maximum atomic E-state index is 4.58. The fourth-order valence-electron chi connectivity index (χ4n) is 3.75. The second-order valence-corrected chi connectivity index (χ2v) is 7.55. The molecule has 0 saturated carbocycles. The van der Waals surface area contributed by atoms with Gasteiger partial charge in [-0.2, -0.15) is 0 Å². The van der Waals surface area contributed by atoms with E-state index in [1.165, 1.54) is 0 Å². The molecule has 0 atom stereocenters. The van der Waals surface area contributed by atoms with Crippen molar-refractivity contribution in [3.63, 3.8) is 0 Å². The maximum Gasteiger partial charge on any atom is 0.139 e. The Morgan fingerprint density at radius 2 is 1.24 bits per heavy atom. The van der Waals surface area contributed by atoms with Crippen molar-refractivity contribution in [1.82, 2.24) is 34.3 Å². The Hall–Kier alpha value is -4.78. The summed E-state index contributed by atoms with van der Waals surface area (Å²) in [4.78, 5) is 23.9. The number of nitrogens with zero attached hydrogens (tertiary/aromatic N) is 5. The predicted molar refractivity (Wildman–Crippen MR) is 130 cm³/mol. The van der Waals surface area contributed by atoms with E-state index in [4.69, 9.17) is 0 Å². The number of fused-ring (bicyclic) bond motifs is 3. The van der Waals surface area contributed by atoms with Crippen LogP contribution >= 0.6 is 0 Å². The summed E-state index contributed by atoms with van der Waals surface area (Å²) in [7, 11) is 0. The highest BCUT2D eigenvalue weighted by atomic mass is 15.0. The third-order valence-corrected chi connectivity index (χ3v) is 5.39. The predicted octanol–water partition coefficient (Wildman–Crippen LogP) is 5.50. The summed E-state index contributed by atoms with van der Waals surface area (Å²) in [6, 6.07) is 23.9. The largest absolute Gasteiger partial charge is 0.338 e. The van der Waals surface area contributed by atoms with Gasteiger partial charge in [0.25, 0.3) is 0 Å². The molecule has 0 spiro atoms. The van der Waals surface area contributed by atoms with Crippen LogP contribution in [0, 0.1) is 0 Å². The van der Waals surface area contributed by atoms with E-state index in [9.17, 15) is 0 Å². The number of aromatic amines is 2. The van der Waals surface area contributed by atoms with Gasteiger partial charge in [-0.05, 0) is 48.5 Å². The van der Waals surface area contributed by atoms with E-state index < -0.39 is 0 Å². The number of para-hydroxylation sites is 4. The van der Waals surface area contributed by atoms with Gasteiger partial charge in [-0.1, -0.05) is 24.3 Å². The molecule has 5 heterocycles. The van der Waals surface area contributed by atoms with Gasteiger partial charge in [0, 0.05) is 42.1 Å². The lowest BCUT2D eigenvalue weighted by Crippen LogP contribution is -1.86. The second kappa shape index (κ2) is 8.05. The van der Waals surface area contributed by atoms with Crippen molar-refractivity contribution in [2.45, 2.75) is 0 Å². The highest BCUT2D eigenvalue weighted by molar-refractivity contribution is 5.80. The molecule has 7 rings (SSSR count). The fourth-order valence-corrected chi connectivity index (χ4v) is 3.75. The second-order valence-electron chi connectivity index (χ2n) is 7.55. The van der Waals surface area contributed by atoms with E-state index in [0.29, 0.717) is 0 Å². The lowest BCUT2D eigenvalue weighted by Gasteiger charge is -1.98. The third-order valence-electron chi connectivity index (χ3n) is 5.39. The topological polar surface area (TPSA) is 87.5 Å². The molecule has 0 unspecified atom stereocenters. The number of rotatable bonds is 2. The van der Waals surface area contributed by atoms with Crippen LogP contribution in [0.3, 0.4) is 0 Å². The van der Waals surface area contributed by atoms with E-state index in [1.807, 2.05) is 89.6 Å². The molecule has 0 aliphatic rings. The smallest absolute Gasteiger partial charge is 0.139 e. The Balaban J connectivity index is 0.000000127. The van der Waals surface area contributed by atoms with Crippen molar-refractivity contribution < 1.29 is 0 Å². The van der Waals surface area contributed by atoms with Crippen LogP contribution in [0.25, 0.3) is 50.5 Å². The van der Waals surface area contributed by atoms with Crippen molar-refractivity contribution in [3.8, 4) is 22.8 Å². The zero-order chi connectivity index (χ0) is 22.0. The summed E-state index contributed by atoms with van der Waals surface area (Å²) in [6.07, 6.45) is 9.28. The summed E-state index contributed by atoms with van der Waals surface area (Å²) in [5.41, 5.74) is 7.14. The van der Waals surface area contributed by atoms with Crippen LogP contribution in [0.1, 0.15) is 0 Å². The van der Waals surface area contributed by atoms with Crippen molar-refractivity contribution in [2.75, 3.05) is 0 Å². The molecule has 0 bridgehead atoms. The molecule has 0 radical (unpaired) electrons. The monoisotopic (exact) mass is 429 g/mol. The number of aromatic nitrogens is 7. The van der Waals surface area contributed by atoms with Crippen molar-refractivity contribution in [3.05, 3.63) is 104 Å². The van der Waals surface area contributed by atoms with Crippen molar-refractivity contribution in [1.29, 1.82) is 0 Å². The summed E-state index contributed by atoms with van der Waals surface area (Å²) in [5.74, 6) is 1.77. The number of hydrogen-bond acceptors (Lipinski definition) is 4. The molecule has 7 heteroatoms. The average molecular weight is 429 g/mol. The van der Waals surface area contributed by atoms with E-state index in [1.54, 1.807) is 18.6 Å². The van der Waals surface area contributed by atoms with Gasteiger partial charge >= 0.3 is 0 Å². The summed E-state index contributed by atoms with van der Waals surface area (Å²) in [6.45, 7) is 0. The SMILES string of the molecule is c1ccc2[nH]c(-c3ccc4nccn4c3)nc2c1.c1ccc2[nH]c(-c3ccncc3)nc2c1. The number of pyridine rings is 2. The van der Waals surface area contributed by atoms with E-state index in [2.05, 4.69) is 29.9 Å². The summed E-state index contributed by atoms with van der Waals surface area (Å²) < 4.78 is 1.99. The van der Waals surface area contributed by atoms with Gasteiger partial charge in [-0.25, -0.2) is 15.0 Å². The molecule has 2 N–H and O–H groups in total. The molecule has 33 heavy (non-hydrogen) atoms. The Morgan fingerprint density at radius 1 is 0.606 bits per heavy atom. The van der Waals surface area contributed by atoms with Gasteiger partial charge < -0.3 is 14.4 Å².